The molecule has 8 heteroatoms. The van der Waals surface area contributed by atoms with Crippen molar-refractivity contribution in [2.75, 3.05) is 6.61 Å². The van der Waals surface area contributed by atoms with E-state index in [4.69, 9.17) is 9.72 Å². The summed E-state index contributed by atoms with van der Waals surface area (Å²) in [5.41, 5.74) is 3.79. The molecule has 0 aliphatic heterocycles. The molecule has 0 aromatic carbocycles. The maximum atomic E-state index is 13.6. The van der Waals surface area contributed by atoms with Crippen LogP contribution in [0.2, 0.25) is 0 Å². The Kier molecular flexibility index (Phi) is 12.3. The zero-order chi connectivity index (χ0) is 29.5. The third-order valence-corrected chi connectivity index (χ3v) is 6.44. The van der Waals surface area contributed by atoms with Crippen LogP contribution in [-0.2, 0) is 17.8 Å². The molecule has 1 heterocycles. The number of nitrogens with zero attached hydrogens (tertiary/aromatic N) is 3. The standard InChI is InChI=1S/C33H38N4O4/c1-4-6-7-8-9-13-22-41-31-25(3)35-30(15-5-2)37(33(31)39)23-26-16-14-17-27(21-20-26)28-18-11-10-12-19-29(28)32(36-40)34-24-38/h4,6-7,9-10,12-14,16,18-21,24,40H,1,5,8,11,15,17,22-23H2,2-3H3,(H,34,36,38)/b7-6-,13-9-. The van der Waals surface area contributed by atoms with E-state index in [0.717, 1.165) is 35.4 Å². The lowest BCUT2D eigenvalue weighted by atomic mass is 9.93. The molecular formula is C33H38N4O4. The minimum Gasteiger partial charge on any atom is -0.482 e. The van der Waals surface area contributed by atoms with Crippen LogP contribution in [0.15, 0.2) is 118 Å². The molecule has 214 valence electrons. The van der Waals surface area contributed by atoms with Gasteiger partial charge < -0.3 is 15.3 Å². The normalized spacial score (nSPS) is 15.6. The van der Waals surface area contributed by atoms with Crippen LogP contribution in [0.25, 0.3) is 0 Å². The third-order valence-electron chi connectivity index (χ3n) is 6.44. The fourth-order valence-electron chi connectivity index (χ4n) is 4.50. The van der Waals surface area contributed by atoms with Crippen molar-refractivity contribution in [1.29, 1.82) is 0 Å². The number of nitrogens with one attached hydrogen (secondary N) is 1. The second-order valence-corrected chi connectivity index (χ2v) is 9.38. The molecule has 1 aromatic heterocycles. The Balaban J connectivity index is 1.89. The summed E-state index contributed by atoms with van der Waals surface area (Å²) in [6.45, 7) is 8.14. The molecule has 0 atom stereocenters. The molecule has 0 radical (unpaired) electrons. The number of ether oxygens (including phenoxy) is 1. The zero-order valence-electron chi connectivity index (χ0n) is 23.8. The van der Waals surface area contributed by atoms with Crippen molar-refractivity contribution in [2.45, 2.75) is 52.5 Å². The van der Waals surface area contributed by atoms with Crippen LogP contribution in [0, 0.1) is 6.92 Å². The maximum Gasteiger partial charge on any atom is 0.296 e. The van der Waals surface area contributed by atoms with Gasteiger partial charge in [0.15, 0.2) is 5.84 Å². The van der Waals surface area contributed by atoms with Crippen molar-refractivity contribution in [2.24, 2.45) is 5.16 Å². The summed E-state index contributed by atoms with van der Waals surface area (Å²) >= 11 is 0. The highest BCUT2D eigenvalue weighted by Crippen LogP contribution is 2.28. The lowest BCUT2D eigenvalue weighted by molar-refractivity contribution is -0.108. The van der Waals surface area contributed by atoms with Gasteiger partial charge in [0.05, 0.1) is 12.2 Å². The van der Waals surface area contributed by atoms with Gasteiger partial charge in [-0.05, 0) is 49.3 Å². The second-order valence-electron chi connectivity index (χ2n) is 9.38. The Morgan fingerprint density at radius 1 is 1.24 bits per heavy atom. The highest BCUT2D eigenvalue weighted by molar-refractivity contribution is 6.07. The summed E-state index contributed by atoms with van der Waals surface area (Å²) in [5, 5.41) is 15.2. The number of amidine groups is 1. The molecule has 0 spiro atoms. The predicted molar refractivity (Wildman–Crippen MR) is 164 cm³/mol. The van der Waals surface area contributed by atoms with Gasteiger partial charge in [-0.3, -0.25) is 14.2 Å². The number of amides is 1. The van der Waals surface area contributed by atoms with Gasteiger partial charge in [-0.25, -0.2) is 4.98 Å². The summed E-state index contributed by atoms with van der Waals surface area (Å²) in [5.74, 6) is 1.06. The first kappa shape index (κ1) is 30.8. The van der Waals surface area contributed by atoms with Crippen LogP contribution < -0.4 is 15.6 Å². The Hall–Kier alpha value is -4.72. The van der Waals surface area contributed by atoms with Gasteiger partial charge in [0.2, 0.25) is 12.2 Å². The first-order valence-corrected chi connectivity index (χ1v) is 13.8. The quantitative estimate of drug-likeness (QED) is 0.0616. The van der Waals surface area contributed by atoms with E-state index in [1.165, 1.54) is 0 Å². The number of aryl methyl sites for hydroxylation is 2. The van der Waals surface area contributed by atoms with E-state index < -0.39 is 0 Å². The molecule has 0 fully saturated rings. The van der Waals surface area contributed by atoms with Gasteiger partial charge >= 0.3 is 0 Å². The average Bonchev–Trinajstić information content (AvgIpc) is 3.35. The molecule has 2 aliphatic rings. The van der Waals surface area contributed by atoms with Gasteiger partial charge in [-0.15, -0.1) is 0 Å². The van der Waals surface area contributed by atoms with Crippen molar-refractivity contribution in [3.8, 4) is 5.75 Å². The largest absolute Gasteiger partial charge is 0.482 e. The summed E-state index contributed by atoms with van der Waals surface area (Å²) in [6.07, 6.45) is 29.3. The van der Waals surface area contributed by atoms with Crippen molar-refractivity contribution in [3.63, 3.8) is 0 Å². The smallest absolute Gasteiger partial charge is 0.296 e. The SMILES string of the molecule is C=C/C=C\C/C=C\COc1c(C)nc(CCC)n(CC2=CC=C(C3=CCC=CC=C3/C(=N/O)NC=O)CC=C2)c1=O. The highest BCUT2D eigenvalue weighted by Gasteiger charge is 2.19. The lowest BCUT2D eigenvalue weighted by Crippen LogP contribution is -2.28. The molecule has 0 saturated carbocycles. The fraction of sp³-hybridized carbons (Fsp3) is 0.273. The fourth-order valence-corrected chi connectivity index (χ4v) is 4.50. The van der Waals surface area contributed by atoms with Gasteiger partial charge in [0.1, 0.15) is 12.4 Å². The van der Waals surface area contributed by atoms with Crippen LogP contribution >= 0.6 is 0 Å². The first-order chi connectivity index (χ1) is 20.0. The molecule has 1 amide bonds. The number of aromatic nitrogens is 2. The minimum absolute atomic E-state index is 0.0771. The van der Waals surface area contributed by atoms with Crippen LogP contribution in [0.5, 0.6) is 5.75 Å². The topological polar surface area (TPSA) is 106 Å². The van der Waals surface area contributed by atoms with Crippen molar-refractivity contribution < 1.29 is 14.7 Å². The molecule has 0 bridgehead atoms. The van der Waals surface area contributed by atoms with E-state index in [1.54, 1.807) is 17.6 Å². The summed E-state index contributed by atoms with van der Waals surface area (Å²) in [4.78, 5) is 29.4. The van der Waals surface area contributed by atoms with Gasteiger partial charge in [0.25, 0.3) is 5.56 Å². The minimum atomic E-state index is -0.199. The van der Waals surface area contributed by atoms with Crippen molar-refractivity contribution in [1.82, 2.24) is 14.9 Å². The van der Waals surface area contributed by atoms with E-state index in [1.807, 2.05) is 72.9 Å². The Morgan fingerprint density at radius 3 is 2.85 bits per heavy atom. The average molecular weight is 555 g/mol. The van der Waals surface area contributed by atoms with Crippen LogP contribution in [0.3, 0.4) is 0 Å². The molecule has 8 nitrogen and oxygen atoms in total. The number of allylic oxidation sites excluding steroid dienone is 14. The molecule has 3 rings (SSSR count). The number of oxime groups is 1. The van der Waals surface area contributed by atoms with Crippen LogP contribution in [-0.4, -0.2) is 33.6 Å². The summed E-state index contributed by atoms with van der Waals surface area (Å²) in [7, 11) is 0. The van der Waals surface area contributed by atoms with Crippen LogP contribution in [0.1, 0.15) is 44.1 Å². The monoisotopic (exact) mass is 554 g/mol. The lowest BCUT2D eigenvalue weighted by Gasteiger charge is -2.16. The van der Waals surface area contributed by atoms with Gasteiger partial charge in [-0.1, -0.05) is 97.6 Å². The molecular weight excluding hydrogens is 516 g/mol. The number of hydrogen-bond acceptors (Lipinski definition) is 6. The van der Waals surface area contributed by atoms with E-state index in [0.29, 0.717) is 43.5 Å². The van der Waals surface area contributed by atoms with E-state index in [-0.39, 0.29) is 23.8 Å². The van der Waals surface area contributed by atoms with Crippen LogP contribution in [0.4, 0.5) is 0 Å². The predicted octanol–water partition coefficient (Wildman–Crippen LogP) is 5.73. The maximum absolute atomic E-state index is 13.6. The van der Waals surface area contributed by atoms with Crippen molar-refractivity contribution in [3.05, 3.63) is 130 Å². The van der Waals surface area contributed by atoms with E-state index in [2.05, 4.69) is 24.0 Å². The Labute approximate surface area is 241 Å². The number of hydrogen-bond donors (Lipinski definition) is 2. The molecule has 2 aliphatic carbocycles. The molecule has 41 heavy (non-hydrogen) atoms. The molecule has 1 aromatic rings. The number of carbonyl (C=O) groups excluding carboxylic acids is 1. The van der Waals surface area contributed by atoms with E-state index >= 15 is 0 Å². The van der Waals surface area contributed by atoms with Gasteiger partial charge in [0, 0.05) is 12.0 Å². The first-order valence-electron chi connectivity index (χ1n) is 13.8. The van der Waals surface area contributed by atoms with Crippen molar-refractivity contribution >= 4 is 12.2 Å². The number of rotatable bonds is 13. The second kappa shape index (κ2) is 16.4. The Morgan fingerprint density at radius 2 is 2.10 bits per heavy atom. The van der Waals surface area contributed by atoms with Gasteiger partial charge in [-0.2, -0.15) is 0 Å². The van der Waals surface area contributed by atoms with E-state index in [9.17, 15) is 14.8 Å². The summed E-state index contributed by atoms with van der Waals surface area (Å²) < 4.78 is 7.57. The highest BCUT2D eigenvalue weighted by atomic mass is 16.5. The number of carbonyl (C=O) groups is 1. The third kappa shape index (κ3) is 8.63. The summed E-state index contributed by atoms with van der Waals surface area (Å²) in [6, 6.07) is 0. The Bertz CT molecular complexity index is 1450. The zero-order valence-corrected chi connectivity index (χ0v) is 23.8. The molecule has 0 saturated heterocycles. The molecule has 0 unspecified atom stereocenters. The molecule has 2 N–H and O–H groups in total.